The molecule has 0 aliphatic rings. The predicted octanol–water partition coefficient (Wildman–Crippen LogP) is 3.47. The molecule has 0 spiro atoms. The van der Waals surface area contributed by atoms with Crippen molar-refractivity contribution in [2.45, 2.75) is 13.0 Å². The highest BCUT2D eigenvalue weighted by Gasteiger charge is 2.17. The Labute approximate surface area is 119 Å². The zero-order valence-corrected chi connectivity index (χ0v) is 12.0. The van der Waals surface area contributed by atoms with Crippen molar-refractivity contribution in [1.82, 2.24) is 4.98 Å². The standard InChI is InChI=1S/C13H12BrClN2O/c1-7-4-10(13(16)17-6-7)12(18)9-5-8(14)2-3-11(9)15/h2-6,12,18H,1H3,(H2,16,17). The molecule has 0 fully saturated rings. The molecule has 1 atom stereocenters. The molecule has 0 radical (unpaired) electrons. The Hall–Kier alpha value is -1.10. The van der Waals surface area contributed by atoms with Crippen LogP contribution in [0.4, 0.5) is 5.82 Å². The summed E-state index contributed by atoms with van der Waals surface area (Å²) in [6.45, 7) is 1.89. The number of aliphatic hydroxyl groups is 1. The number of benzene rings is 1. The minimum Gasteiger partial charge on any atom is -0.383 e. The van der Waals surface area contributed by atoms with Gasteiger partial charge in [0.05, 0.1) is 0 Å². The van der Waals surface area contributed by atoms with Gasteiger partial charge in [0.1, 0.15) is 11.9 Å². The summed E-state index contributed by atoms with van der Waals surface area (Å²) in [7, 11) is 0. The molecule has 0 saturated carbocycles. The van der Waals surface area contributed by atoms with Crippen LogP contribution in [0.15, 0.2) is 34.9 Å². The van der Waals surface area contributed by atoms with Crippen LogP contribution in [-0.2, 0) is 0 Å². The van der Waals surface area contributed by atoms with Crippen LogP contribution in [-0.4, -0.2) is 10.1 Å². The summed E-state index contributed by atoms with van der Waals surface area (Å²) in [5.74, 6) is 0.309. The van der Waals surface area contributed by atoms with Crippen molar-refractivity contribution < 1.29 is 5.11 Å². The minimum absolute atomic E-state index is 0.309. The van der Waals surface area contributed by atoms with E-state index in [1.54, 1.807) is 18.3 Å². The van der Waals surface area contributed by atoms with Gasteiger partial charge in [-0.1, -0.05) is 27.5 Å². The lowest BCUT2D eigenvalue weighted by Gasteiger charge is -2.15. The fraction of sp³-hybridized carbons (Fsp3) is 0.154. The van der Waals surface area contributed by atoms with E-state index in [9.17, 15) is 5.11 Å². The second-order valence-corrected chi connectivity index (χ2v) is 5.38. The van der Waals surface area contributed by atoms with Crippen molar-refractivity contribution in [3.63, 3.8) is 0 Å². The molecular weight excluding hydrogens is 316 g/mol. The minimum atomic E-state index is -0.887. The number of halogens is 2. The van der Waals surface area contributed by atoms with Gasteiger partial charge in [-0.3, -0.25) is 0 Å². The molecule has 5 heteroatoms. The van der Waals surface area contributed by atoms with E-state index >= 15 is 0 Å². The first-order valence-corrected chi connectivity index (χ1v) is 6.51. The number of nitrogen functional groups attached to an aromatic ring is 1. The molecule has 94 valence electrons. The van der Waals surface area contributed by atoms with Crippen molar-refractivity contribution in [3.05, 3.63) is 56.6 Å². The monoisotopic (exact) mass is 326 g/mol. The van der Waals surface area contributed by atoms with Crippen molar-refractivity contribution >= 4 is 33.3 Å². The second-order valence-electron chi connectivity index (χ2n) is 4.06. The van der Waals surface area contributed by atoms with Crippen LogP contribution in [0.3, 0.4) is 0 Å². The Morgan fingerprint density at radius 1 is 1.33 bits per heavy atom. The van der Waals surface area contributed by atoms with Crippen LogP contribution in [0.1, 0.15) is 22.8 Å². The molecule has 1 heterocycles. The van der Waals surface area contributed by atoms with Crippen LogP contribution in [0.5, 0.6) is 0 Å². The smallest absolute Gasteiger partial charge is 0.129 e. The first kappa shape index (κ1) is 13.3. The molecule has 2 aromatic rings. The van der Waals surface area contributed by atoms with Crippen molar-refractivity contribution in [2.24, 2.45) is 0 Å². The zero-order chi connectivity index (χ0) is 13.3. The number of anilines is 1. The fourth-order valence-electron chi connectivity index (χ4n) is 1.71. The van der Waals surface area contributed by atoms with Crippen LogP contribution < -0.4 is 5.73 Å². The number of aryl methyl sites for hydroxylation is 1. The summed E-state index contributed by atoms with van der Waals surface area (Å²) in [6.07, 6.45) is 0.774. The number of rotatable bonds is 2. The number of hydrogen-bond acceptors (Lipinski definition) is 3. The largest absolute Gasteiger partial charge is 0.383 e. The number of aromatic nitrogens is 1. The van der Waals surface area contributed by atoms with E-state index in [4.69, 9.17) is 17.3 Å². The molecule has 0 bridgehead atoms. The van der Waals surface area contributed by atoms with Crippen LogP contribution >= 0.6 is 27.5 Å². The average molecular weight is 328 g/mol. The predicted molar refractivity (Wildman–Crippen MR) is 76.6 cm³/mol. The van der Waals surface area contributed by atoms with Gasteiger partial charge in [0.15, 0.2) is 0 Å². The molecule has 0 aliphatic carbocycles. The van der Waals surface area contributed by atoms with E-state index in [0.29, 0.717) is 22.0 Å². The molecule has 0 saturated heterocycles. The lowest BCUT2D eigenvalue weighted by atomic mass is 10.0. The number of nitrogens with two attached hydrogens (primary N) is 1. The van der Waals surface area contributed by atoms with E-state index < -0.39 is 6.10 Å². The summed E-state index contributed by atoms with van der Waals surface area (Å²) < 4.78 is 0.847. The molecule has 3 nitrogen and oxygen atoms in total. The van der Waals surface area contributed by atoms with Gasteiger partial charge in [0, 0.05) is 26.8 Å². The molecule has 0 amide bonds. The summed E-state index contributed by atoms with van der Waals surface area (Å²) in [5, 5.41) is 10.9. The maximum atomic E-state index is 10.4. The van der Waals surface area contributed by atoms with E-state index in [1.165, 1.54) is 0 Å². The maximum absolute atomic E-state index is 10.4. The highest BCUT2D eigenvalue weighted by molar-refractivity contribution is 9.10. The van der Waals surface area contributed by atoms with Gasteiger partial charge in [0.2, 0.25) is 0 Å². The fourth-order valence-corrected chi connectivity index (χ4v) is 2.31. The third-order valence-electron chi connectivity index (χ3n) is 2.63. The molecule has 18 heavy (non-hydrogen) atoms. The normalized spacial score (nSPS) is 12.4. The summed E-state index contributed by atoms with van der Waals surface area (Å²) in [5.41, 5.74) is 7.89. The Kier molecular flexibility index (Phi) is 3.90. The van der Waals surface area contributed by atoms with Crippen molar-refractivity contribution in [3.8, 4) is 0 Å². The molecule has 1 aromatic heterocycles. The summed E-state index contributed by atoms with van der Waals surface area (Å²) >= 11 is 9.44. The van der Waals surface area contributed by atoms with Crippen LogP contribution in [0.2, 0.25) is 5.02 Å². The first-order chi connectivity index (χ1) is 8.49. The third kappa shape index (κ3) is 2.66. The number of aliphatic hydroxyl groups excluding tert-OH is 1. The Bertz CT molecular complexity index is 538. The van der Waals surface area contributed by atoms with Gasteiger partial charge in [-0.15, -0.1) is 0 Å². The number of pyridine rings is 1. The van der Waals surface area contributed by atoms with Gasteiger partial charge in [-0.25, -0.2) is 4.98 Å². The highest BCUT2D eigenvalue weighted by Crippen LogP contribution is 2.32. The number of hydrogen-bond donors (Lipinski definition) is 2. The molecular formula is C13H12BrClN2O. The van der Waals surface area contributed by atoms with Gasteiger partial charge in [-0.2, -0.15) is 0 Å². The maximum Gasteiger partial charge on any atom is 0.129 e. The van der Waals surface area contributed by atoms with Gasteiger partial charge >= 0.3 is 0 Å². The van der Waals surface area contributed by atoms with Crippen molar-refractivity contribution in [1.29, 1.82) is 0 Å². The highest BCUT2D eigenvalue weighted by atomic mass is 79.9. The van der Waals surface area contributed by atoms with E-state index in [1.807, 2.05) is 19.1 Å². The van der Waals surface area contributed by atoms with Crippen LogP contribution in [0, 0.1) is 6.92 Å². The van der Waals surface area contributed by atoms with E-state index in [0.717, 1.165) is 10.0 Å². The lowest BCUT2D eigenvalue weighted by molar-refractivity contribution is 0.220. The van der Waals surface area contributed by atoms with E-state index in [2.05, 4.69) is 20.9 Å². The lowest BCUT2D eigenvalue weighted by Crippen LogP contribution is -2.06. The van der Waals surface area contributed by atoms with Gasteiger partial charge in [0.25, 0.3) is 0 Å². The topological polar surface area (TPSA) is 59.1 Å². The zero-order valence-electron chi connectivity index (χ0n) is 9.69. The second kappa shape index (κ2) is 5.26. The number of nitrogens with zero attached hydrogens (tertiary/aromatic N) is 1. The molecule has 0 aliphatic heterocycles. The summed E-state index contributed by atoms with van der Waals surface area (Å²) in [6, 6.07) is 7.12. The molecule has 1 unspecified atom stereocenters. The Morgan fingerprint density at radius 2 is 2.06 bits per heavy atom. The van der Waals surface area contributed by atoms with Gasteiger partial charge < -0.3 is 10.8 Å². The van der Waals surface area contributed by atoms with Gasteiger partial charge in [-0.05, 0) is 36.8 Å². The molecule has 1 aromatic carbocycles. The van der Waals surface area contributed by atoms with E-state index in [-0.39, 0.29) is 0 Å². The average Bonchev–Trinajstić information content (AvgIpc) is 2.34. The molecule has 2 rings (SSSR count). The Morgan fingerprint density at radius 3 is 2.78 bits per heavy atom. The summed E-state index contributed by atoms with van der Waals surface area (Å²) in [4.78, 5) is 4.04. The van der Waals surface area contributed by atoms with Crippen LogP contribution in [0.25, 0.3) is 0 Å². The Balaban J connectivity index is 2.50. The molecule has 3 N–H and O–H groups in total. The first-order valence-electron chi connectivity index (χ1n) is 5.34. The van der Waals surface area contributed by atoms with Crippen molar-refractivity contribution in [2.75, 3.05) is 5.73 Å². The SMILES string of the molecule is Cc1cnc(N)c(C(O)c2cc(Br)ccc2Cl)c1. The third-order valence-corrected chi connectivity index (χ3v) is 3.47. The quantitative estimate of drug-likeness (QED) is 0.888.